The minimum absolute atomic E-state index is 0.0746. The van der Waals surface area contributed by atoms with E-state index in [2.05, 4.69) is 18.7 Å². The van der Waals surface area contributed by atoms with E-state index < -0.39 is 17.7 Å². The minimum atomic E-state index is -0.707. The molecule has 32 heavy (non-hydrogen) atoms. The van der Waals surface area contributed by atoms with Gasteiger partial charge in [-0.15, -0.1) is 0 Å². The molecule has 0 spiro atoms. The van der Waals surface area contributed by atoms with Crippen molar-refractivity contribution in [3.8, 4) is 5.75 Å². The molecule has 1 aliphatic rings. The number of amides is 1. The van der Waals surface area contributed by atoms with Crippen molar-refractivity contribution in [3.05, 3.63) is 70.3 Å². The molecule has 0 aliphatic carbocycles. The van der Waals surface area contributed by atoms with Gasteiger partial charge >= 0.3 is 0 Å². The van der Waals surface area contributed by atoms with Gasteiger partial charge in [-0.3, -0.25) is 9.59 Å². The summed E-state index contributed by atoms with van der Waals surface area (Å²) in [6, 6.07) is 13.2. The van der Waals surface area contributed by atoms with Gasteiger partial charge in [-0.05, 0) is 62.0 Å². The molecule has 1 saturated heterocycles. The van der Waals surface area contributed by atoms with E-state index in [0.717, 1.165) is 13.1 Å². The topological polar surface area (TPSA) is 70.1 Å². The quantitative estimate of drug-likeness (QED) is 0.341. The second kappa shape index (κ2) is 10.7. The Morgan fingerprint density at radius 3 is 2.41 bits per heavy atom. The lowest BCUT2D eigenvalue weighted by Crippen LogP contribution is -2.38. The van der Waals surface area contributed by atoms with Crippen LogP contribution in [0.15, 0.2) is 54.1 Å². The number of likely N-dealkylation sites (N-methyl/N-ethyl adjacent to an activating group) is 1. The van der Waals surface area contributed by atoms with Gasteiger partial charge in [0.15, 0.2) is 0 Å². The molecule has 1 fully saturated rings. The fourth-order valence-electron chi connectivity index (χ4n) is 3.95. The van der Waals surface area contributed by atoms with Crippen molar-refractivity contribution in [2.45, 2.75) is 26.8 Å². The summed E-state index contributed by atoms with van der Waals surface area (Å²) in [5.74, 6) is -0.869. The molecule has 1 amide bonds. The third kappa shape index (κ3) is 4.97. The van der Waals surface area contributed by atoms with Crippen LogP contribution in [0.3, 0.4) is 0 Å². The van der Waals surface area contributed by atoms with Crippen molar-refractivity contribution in [2.75, 3.05) is 32.8 Å². The first-order valence-electron chi connectivity index (χ1n) is 10.9. The Kier molecular flexibility index (Phi) is 7.94. The van der Waals surface area contributed by atoms with E-state index in [-0.39, 0.29) is 11.3 Å². The second-order valence-electron chi connectivity index (χ2n) is 7.53. The third-order valence-electron chi connectivity index (χ3n) is 5.69. The summed E-state index contributed by atoms with van der Waals surface area (Å²) < 4.78 is 5.63. The average Bonchev–Trinajstić information content (AvgIpc) is 3.05. The summed E-state index contributed by atoms with van der Waals surface area (Å²) >= 11 is 5.98. The van der Waals surface area contributed by atoms with Gasteiger partial charge < -0.3 is 19.6 Å². The van der Waals surface area contributed by atoms with Gasteiger partial charge in [0, 0.05) is 23.7 Å². The van der Waals surface area contributed by atoms with Crippen LogP contribution < -0.4 is 4.74 Å². The number of hydrogen-bond acceptors (Lipinski definition) is 5. The first-order chi connectivity index (χ1) is 15.4. The Morgan fingerprint density at radius 2 is 1.78 bits per heavy atom. The van der Waals surface area contributed by atoms with Crippen LogP contribution in [0, 0.1) is 0 Å². The Balaban J connectivity index is 2.10. The number of halogens is 1. The number of ether oxygens (including phenoxy) is 1. The summed E-state index contributed by atoms with van der Waals surface area (Å²) in [7, 11) is 0. The van der Waals surface area contributed by atoms with Crippen molar-refractivity contribution in [3.63, 3.8) is 0 Å². The second-order valence-corrected chi connectivity index (χ2v) is 7.97. The van der Waals surface area contributed by atoms with Crippen molar-refractivity contribution in [1.29, 1.82) is 0 Å². The number of aliphatic hydroxyl groups excluding tert-OH is 1. The lowest BCUT2D eigenvalue weighted by molar-refractivity contribution is -0.140. The third-order valence-corrected chi connectivity index (χ3v) is 5.95. The summed E-state index contributed by atoms with van der Waals surface area (Å²) in [5, 5.41) is 11.6. The van der Waals surface area contributed by atoms with Gasteiger partial charge in [-0.1, -0.05) is 37.6 Å². The maximum absolute atomic E-state index is 13.1. The molecule has 6 nitrogen and oxygen atoms in total. The van der Waals surface area contributed by atoms with E-state index in [0.29, 0.717) is 41.6 Å². The van der Waals surface area contributed by atoms with Gasteiger partial charge in [-0.2, -0.15) is 0 Å². The molecule has 170 valence electrons. The van der Waals surface area contributed by atoms with Gasteiger partial charge in [0.2, 0.25) is 0 Å². The largest absolute Gasteiger partial charge is 0.507 e. The number of likely N-dealkylation sites (tertiary alicyclic amines) is 1. The normalized spacial score (nSPS) is 17.9. The number of rotatable bonds is 9. The lowest BCUT2D eigenvalue weighted by Gasteiger charge is -2.28. The number of carbonyl (C=O) groups is 2. The molecule has 1 N–H and O–H groups in total. The smallest absolute Gasteiger partial charge is 0.295 e. The molecule has 0 saturated carbocycles. The van der Waals surface area contributed by atoms with Crippen molar-refractivity contribution >= 4 is 29.1 Å². The molecule has 1 atom stereocenters. The highest BCUT2D eigenvalue weighted by molar-refractivity contribution is 6.46. The number of Topliss-reactive ketones (excluding diaryl/α,β-unsaturated/α-hetero) is 1. The van der Waals surface area contributed by atoms with Gasteiger partial charge in [0.1, 0.15) is 11.5 Å². The molecule has 2 aromatic rings. The Bertz CT molecular complexity index is 999. The zero-order valence-corrected chi connectivity index (χ0v) is 19.4. The maximum Gasteiger partial charge on any atom is 0.295 e. The molecular weight excluding hydrogens is 428 g/mol. The average molecular weight is 457 g/mol. The number of hydrogen-bond donors (Lipinski definition) is 1. The molecule has 7 heteroatoms. The predicted octanol–water partition coefficient (Wildman–Crippen LogP) is 4.50. The molecule has 0 aromatic heterocycles. The van der Waals surface area contributed by atoms with Crippen LogP contribution in [-0.2, 0) is 9.59 Å². The van der Waals surface area contributed by atoms with Crippen LogP contribution in [0.4, 0.5) is 0 Å². The van der Waals surface area contributed by atoms with Gasteiger partial charge in [0.05, 0.1) is 18.2 Å². The maximum atomic E-state index is 13.1. The Labute approximate surface area is 194 Å². The van der Waals surface area contributed by atoms with Crippen LogP contribution in [0.2, 0.25) is 5.02 Å². The summed E-state index contributed by atoms with van der Waals surface area (Å²) in [6.45, 7) is 9.18. The zero-order valence-electron chi connectivity index (χ0n) is 18.7. The van der Waals surface area contributed by atoms with E-state index in [4.69, 9.17) is 16.3 Å². The number of benzene rings is 2. The van der Waals surface area contributed by atoms with E-state index in [1.165, 1.54) is 0 Å². The first-order valence-corrected chi connectivity index (χ1v) is 11.3. The molecule has 1 unspecified atom stereocenters. The molecule has 1 heterocycles. The first kappa shape index (κ1) is 23.8. The minimum Gasteiger partial charge on any atom is -0.507 e. The van der Waals surface area contributed by atoms with E-state index >= 15 is 0 Å². The fraction of sp³-hybridized carbons (Fsp3) is 0.360. The summed E-state index contributed by atoms with van der Waals surface area (Å²) in [5.41, 5.74) is 1.22. The predicted molar refractivity (Wildman–Crippen MR) is 126 cm³/mol. The van der Waals surface area contributed by atoms with Crippen molar-refractivity contribution in [2.24, 2.45) is 0 Å². The number of carbonyl (C=O) groups excluding carboxylic acids is 2. The number of ketones is 1. The number of nitrogens with zero attached hydrogens (tertiary/aromatic N) is 2. The van der Waals surface area contributed by atoms with Crippen LogP contribution in [-0.4, -0.2) is 59.4 Å². The van der Waals surface area contributed by atoms with Gasteiger partial charge in [-0.25, -0.2) is 0 Å². The highest BCUT2D eigenvalue weighted by Crippen LogP contribution is 2.40. The SMILES string of the molecule is CCOc1cccc(C2C(=C(O)c3ccc(Cl)cc3)C(=O)C(=O)N2CCN(CC)CC)c1. The lowest BCUT2D eigenvalue weighted by atomic mass is 9.95. The van der Waals surface area contributed by atoms with E-state index in [1.54, 1.807) is 29.2 Å². The van der Waals surface area contributed by atoms with Crippen LogP contribution >= 0.6 is 11.6 Å². The molecule has 2 aromatic carbocycles. The summed E-state index contributed by atoms with van der Waals surface area (Å²) in [6.07, 6.45) is 0. The van der Waals surface area contributed by atoms with E-state index in [1.807, 2.05) is 31.2 Å². The summed E-state index contributed by atoms with van der Waals surface area (Å²) in [4.78, 5) is 29.9. The molecular formula is C25H29ClN2O4. The molecule has 1 aliphatic heterocycles. The molecule has 0 radical (unpaired) electrons. The Hall–Kier alpha value is -2.83. The van der Waals surface area contributed by atoms with Crippen molar-refractivity contribution in [1.82, 2.24) is 9.80 Å². The molecule has 3 rings (SSSR count). The van der Waals surface area contributed by atoms with Crippen LogP contribution in [0.5, 0.6) is 5.75 Å². The standard InChI is InChI=1S/C25H29ClN2O4/c1-4-27(5-2)14-15-28-22(18-8-7-9-20(16-18)32-6-3)21(24(30)25(28)31)23(29)17-10-12-19(26)13-11-17/h7-13,16,22,29H,4-6,14-15H2,1-3H3. The van der Waals surface area contributed by atoms with Crippen LogP contribution in [0.1, 0.15) is 37.9 Å². The monoisotopic (exact) mass is 456 g/mol. The number of aliphatic hydroxyl groups is 1. The molecule has 0 bridgehead atoms. The van der Waals surface area contributed by atoms with Crippen LogP contribution in [0.25, 0.3) is 5.76 Å². The Morgan fingerprint density at radius 1 is 1.09 bits per heavy atom. The highest BCUT2D eigenvalue weighted by Gasteiger charge is 2.46. The van der Waals surface area contributed by atoms with Gasteiger partial charge in [0.25, 0.3) is 11.7 Å². The van der Waals surface area contributed by atoms with Crippen molar-refractivity contribution < 1.29 is 19.4 Å². The zero-order chi connectivity index (χ0) is 23.3. The fourth-order valence-corrected chi connectivity index (χ4v) is 4.08. The van der Waals surface area contributed by atoms with E-state index in [9.17, 15) is 14.7 Å². The highest BCUT2D eigenvalue weighted by atomic mass is 35.5.